The highest BCUT2D eigenvalue weighted by atomic mass is 79.9. The van der Waals surface area contributed by atoms with E-state index in [2.05, 4.69) is 5.32 Å². The Balaban J connectivity index is 0.000001000. The number of halogens is 1. The number of nitrogens with one attached hydrogen (secondary N) is 1. The molecule has 0 aromatic carbocycles. The lowest BCUT2D eigenvalue weighted by Crippen LogP contribution is -2.00. The number of nitriles is 1. The van der Waals surface area contributed by atoms with Gasteiger partial charge in [0.15, 0.2) is 0 Å². The highest BCUT2D eigenvalue weighted by Crippen LogP contribution is 2.31. The minimum Gasteiger partial charge on any atom is -0.352 e. The standard InChI is InChI=1S/C7H8N2S.BrH/c1-5-6(2)10-7(9-5)3-4-8;/h3,9H,1-2H3;1H. The summed E-state index contributed by atoms with van der Waals surface area (Å²) in [5.41, 5.74) is 1.14. The number of rotatable bonds is 0. The van der Waals surface area contributed by atoms with Gasteiger partial charge in [-0.3, -0.25) is 0 Å². The molecule has 1 rings (SSSR count). The van der Waals surface area contributed by atoms with Crippen molar-refractivity contribution in [3.05, 3.63) is 21.7 Å². The van der Waals surface area contributed by atoms with E-state index in [4.69, 9.17) is 5.26 Å². The molecule has 0 atom stereocenters. The maximum atomic E-state index is 8.30. The Labute approximate surface area is 81.1 Å². The van der Waals surface area contributed by atoms with E-state index in [-0.39, 0.29) is 17.0 Å². The van der Waals surface area contributed by atoms with Crippen molar-refractivity contribution in [2.75, 3.05) is 0 Å². The zero-order valence-electron chi connectivity index (χ0n) is 6.34. The van der Waals surface area contributed by atoms with Crippen LogP contribution in [0.25, 0.3) is 0 Å². The van der Waals surface area contributed by atoms with Crippen LogP contribution in [-0.2, 0) is 0 Å². The van der Waals surface area contributed by atoms with E-state index in [1.54, 1.807) is 11.8 Å². The Kier molecular flexibility index (Phi) is 4.31. The van der Waals surface area contributed by atoms with Crippen LogP contribution in [0.5, 0.6) is 0 Å². The second kappa shape index (κ2) is 4.47. The molecule has 0 fully saturated rings. The van der Waals surface area contributed by atoms with Crippen molar-refractivity contribution < 1.29 is 0 Å². The number of nitrogens with zero attached hydrogens (tertiary/aromatic N) is 1. The van der Waals surface area contributed by atoms with Crippen LogP contribution in [0.1, 0.15) is 13.8 Å². The molecule has 4 heteroatoms. The Morgan fingerprint density at radius 1 is 1.55 bits per heavy atom. The minimum atomic E-state index is 0. The quantitative estimate of drug-likeness (QED) is 0.653. The van der Waals surface area contributed by atoms with E-state index in [0.29, 0.717) is 0 Å². The second-order valence-corrected chi connectivity index (χ2v) is 3.30. The molecule has 60 valence electrons. The van der Waals surface area contributed by atoms with Crippen molar-refractivity contribution in [3.63, 3.8) is 0 Å². The van der Waals surface area contributed by atoms with E-state index in [1.807, 2.05) is 19.9 Å². The molecule has 0 saturated carbocycles. The molecule has 1 aliphatic heterocycles. The number of hydrogen-bond donors (Lipinski definition) is 1. The van der Waals surface area contributed by atoms with E-state index >= 15 is 0 Å². The third-order valence-electron chi connectivity index (χ3n) is 1.30. The van der Waals surface area contributed by atoms with Gasteiger partial charge in [-0.05, 0) is 13.8 Å². The first-order chi connectivity index (χ1) is 4.74. The van der Waals surface area contributed by atoms with Crippen LogP contribution in [0.2, 0.25) is 0 Å². The Morgan fingerprint density at radius 3 is 2.55 bits per heavy atom. The molecular formula is C7H9BrN2S. The maximum absolute atomic E-state index is 8.30. The fourth-order valence-corrected chi connectivity index (χ4v) is 1.51. The summed E-state index contributed by atoms with van der Waals surface area (Å²) in [5.74, 6) is 0. The zero-order valence-corrected chi connectivity index (χ0v) is 8.87. The van der Waals surface area contributed by atoms with Gasteiger partial charge < -0.3 is 5.32 Å². The van der Waals surface area contributed by atoms with Gasteiger partial charge in [0.1, 0.15) is 0 Å². The highest BCUT2D eigenvalue weighted by Gasteiger charge is 2.10. The van der Waals surface area contributed by atoms with Gasteiger partial charge >= 0.3 is 0 Å². The normalized spacial score (nSPS) is 19.2. The average molecular weight is 233 g/mol. The maximum Gasteiger partial charge on any atom is 0.0939 e. The molecule has 1 heterocycles. The monoisotopic (exact) mass is 232 g/mol. The van der Waals surface area contributed by atoms with Crippen LogP contribution in [0.4, 0.5) is 0 Å². The molecule has 0 amide bonds. The van der Waals surface area contributed by atoms with Crippen LogP contribution in [0, 0.1) is 11.3 Å². The Morgan fingerprint density at radius 2 is 2.18 bits per heavy atom. The summed E-state index contributed by atoms with van der Waals surface area (Å²) in [6, 6.07) is 1.98. The summed E-state index contributed by atoms with van der Waals surface area (Å²) < 4.78 is 0. The van der Waals surface area contributed by atoms with Crippen LogP contribution in [0.3, 0.4) is 0 Å². The fraction of sp³-hybridized carbons (Fsp3) is 0.286. The number of thioether (sulfide) groups is 1. The van der Waals surface area contributed by atoms with E-state index in [0.717, 1.165) is 10.7 Å². The first-order valence-electron chi connectivity index (χ1n) is 2.96. The SMILES string of the molecule is Br.CC1=C(C)SC(=CC#N)N1. The third-order valence-corrected chi connectivity index (χ3v) is 2.35. The van der Waals surface area contributed by atoms with Crippen molar-refractivity contribution in [1.82, 2.24) is 5.32 Å². The smallest absolute Gasteiger partial charge is 0.0939 e. The molecule has 1 aliphatic rings. The number of allylic oxidation sites excluding steroid dienone is 3. The Bertz CT molecular complexity index is 234. The fourth-order valence-electron chi connectivity index (χ4n) is 0.664. The summed E-state index contributed by atoms with van der Waals surface area (Å²) >= 11 is 1.61. The Hall–Kier alpha value is -0.400. The predicted octanol–water partition coefficient (Wildman–Crippen LogP) is 2.52. The number of hydrogen-bond acceptors (Lipinski definition) is 3. The molecule has 0 saturated heterocycles. The van der Waals surface area contributed by atoms with E-state index in [1.165, 1.54) is 11.0 Å². The van der Waals surface area contributed by atoms with E-state index < -0.39 is 0 Å². The van der Waals surface area contributed by atoms with Gasteiger partial charge in [-0.2, -0.15) is 5.26 Å². The van der Waals surface area contributed by atoms with Gasteiger partial charge in [0.05, 0.1) is 11.1 Å². The predicted molar refractivity (Wildman–Crippen MR) is 53.1 cm³/mol. The third kappa shape index (κ3) is 2.60. The molecule has 0 spiro atoms. The molecule has 0 aromatic heterocycles. The van der Waals surface area contributed by atoms with Crippen LogP contribution in [-0.4, -0.2) is 0 Å². The summed E-state index contributed by atoms with van der Waals surface area (Å²) in [5, 5.41) is 12.3. The van der Waals surface area contributed by atoms with Crippen LogP contribution < -0.4 is 5.32 Å². The molecule has 0 radical (unpaired) electrons. The first-order valence-corrected chi connectivity index (χ1v) is 3.78. The summed E-state index contributed by atoms with van der Waals surface area (Å²) in [4.78, 5) is 1.24. The topological polar surface area (TPSA) is 35.8 Å². The lowest BCUT2D eigenvalue weighted by Gasteiger charge is -1.93. The van der Waals surface area contributed by atoms with Crippen LogP contribution >= 0.6 is 28.7 Å². The van der Waals surface area contributed by atoms with Crippen molar-refractivity contribution in [1.29, 1.82) is 5.26 Å². The molecule has 0 aromatic rings. The van der Waals surface area contributed by atoms with Gasteiger partial charge in [0.25, 0.3) is 0 Å². The van der Waals surface area contributed by atoms with Gasteiger partial charge in [-0.15, -0.1) is 17.0 Å². The lowest BCUT2D eigenvalue weighted by atomic mass is 10.4. The molecule has 0 unspecified atom stereocenters. The van der Waals surface area contributed by atoms with Gasteiger partial charge in [0, 0.05) is 16.7 Å². The summed E-state index contributed by atoms with van der Waals surface area (Å²) in [7, 11) is 0. The molecular weight excluding hydrogens is 224 g/mol. The molecule has 1 N–H and O–H groups in total. The molecule has 0 bridgehead atoms. The largest absolute Gasteiger partial charge is 0.352 e. The van der Waals surface area contributed by atoms with Gasteiger partial charge in [-0.25, -0.2) is 0 Å². The molecule has 0 aliphatic carbocycles. The van der Waals surface area contributed by atoms with Crippen molar-refractivity contribution in [3.8, 4) is 6.07 Å². The molecule has 2 nitrogen and oxygen atoms in total. The summed E-state index contributed by atoms with van der Waals surface area (Å²) in [6.07, 6.45) is 1.52. The lowest BCUT2D eigenvalue weighted by molar-refractivity contribution is 1.05. The minimum absolute atomic E-state index is 0. The molecule has 11 heavy (non-hydrogen) atoms. The highest BCUT2D eigenvalue weighted by molar-refractivity contribution is 8.93. The average Bonchev–Trinajstić information content (AvgIpc) is 2.14. The summed E-state index contributed by atoms with van der Waals surface area (Å²) in [6.45, 7) is 4.03. The van der Waals surface area contributed by atoms with Gasteiger partial charge in [-0.1, -0.05) is 11.8 Å². The first kappa shape index (κ1) is 10.6. The van der Waals surface area contributed by atoms with Crippen LogP contribution in [0.15, 0.2) is 21.7 Å². The van der Waals surface area contributed by atoms with Crippen molar-refractivity contribution in [2.45, 2.75) is 13.8 Å². The zero-order chi connectivity index (χ0) is 7.56. The van der Waals surface area contributed by atoms with Crippen molar-refractivity contribution in [2.24, 2.45) is 0 Å². The second-order valence-electron chi connectivity index (χ2n) is 2.05. The van der Waals surface area contributed by atoms with E-state index in [9.17, 15) is 0 Å². The van der Waals surface area contributed by atoms with Crippen molar-refractivity contribution >= 4 is 28.7 Å². The van der Waals surface area contributed by atoms with Gasteiger partial charge in [0.2, 0.25) is 0 Å².